The highest BCUT2D eigenvalue weighted by Gasteiger charge is 2.08. The Morgan fingerprint density at radius 1 is 1.41 bits per heavy atom. The van der Waals surface area contributed by atoms with Crippen molar-refractivity contribution in [3.05, 3.63) is 34.6 Å². The summed E-state index contributed by atoms with van der Waals surface area (Å²) in [5, 5.41) is 3.16. The minimum absolute atomic E-state index is 0.0599. The molecule has 0 radical (unpaired) electrons. The molecule has 4 nitrogen and oxygen atoms in total. The van der Waals surface area contributed by atoms with Crippen LogP contribution in [0, 0.1) is 5.82 Å². The number of sulfonamides is 1. The molecule has 0 unspecified atom stereocenters. The maximum absolute atomic E-state index is 13.3. The Hall–Kier alpha value is -0.690. The Labute approximate surface area is 105 Å². The Bertz CT molecular complexity index is 459. The Morgan fingerprint density at radius 3 is 2.71 bits per heavy atom. The summed E-state index contributed by atoms with van der Waals surface area (Å²) >= 11 is 5.82. The van der Waals surface area contributed by atoms with E-state index in [-0.39, 0.29) is 18.8 Å². The van der Waals surface area contributed by atoms with E-state index < -0.39 is 15.8 Å². The lowest BCUT2D eigenvalue weighted by atomic mass is 10.2. The molecule has 0 spiro atoms. The minimum Gasteiger partial charge on any atom is -0.311 e. The standard InChI is InChI=1S/C10H14ClFN2O2S/c1-13-17(15,16)6-5-14-7-8-9(11)3-2-4-10(8)12/h2-4,13-14H,5-7H2,1H3. The molecule has 0 aliphatic rings. The van der Waals surface area contributed by atoms with E-state index in [4.69, 9.17) is 11.6 Å². The van der Waals surface area contributed by atoms with E-state index in [1.807, 2.05) is 0 Å². The van der Waals surface area contributed by atoms with Crippen LogP contribution >= 0.6 is 11.6 Å². The second kappa shape index (κ2) is 6.30. The van der Waals surface area contributed by atoms with Crippen molar-refractivity contribution in [1.29, 1.82) is 0 Å². The Balaban J connectivity index is 2.47. The van der Waals surface area contributed by atoms with Crippen molar-refractivity contribution in [3.63, 3.8) is 0 Å². The maximum Gasteiger partial charge on any atom is 0.212 e. The summed E-state index contributed by atoms with van der Waals surface area (Å²) in [5.41, 5.74) is 0.344. The van der Waals surface area contributed by atoms with E-state index in [1.54, 1.807) is 6.07 Å². The predicted octanol–water partition coefficient (Wildman–Crippen LogP) is 1.12. The third kappa shape index (κ3) is 4.59. The number of rotatable bonds is 6. The van der Waals surface area contributed by atoms with E-state index in [1.165, 1.54) is 19.2 Å². The molecule has 7 heteroatoms. The van der Waals surface area contributed by atoms with Crippen LogP contribution in [0.4, 0.5) is 4.39 Å². The second-order valence-corrected chi connectivity index (χ2v) is 5.85. The molecular formula is C10H14ClFN2O2S. The molecule has 1 aromatic carbocycles. The topological polar surface area (TPSA) is 58.2 Å². The summed E-state index contributed by atoms with van der Waals surface area (Å²) in [6, 6.07) is 4.42. The molecule has 0 aliphatic carbocycles. The van der Waals surface area contributed by atoms with Crippen LogP contribution < -0.4 is 10.0 Å². The SMILES string of the molecule is CNS(=O)(=O)CCNCc1c(F)cccc1Cl. The fraction of sp³-hybridized carbons (Fsp3) is 0.400. The van der Waals surface area contributed by atoms with Gasteiger partial charge in [0, 0.05) is 23.7 Å². The lowest BCUT2D eigenvalue weighted by molar-refractivity contribution is 0.577. The monoisotopic (exact) mass is 280 g/mol. The molecule has 0 saturated carbocycles. The smallest absolute Gasteiger partial charge is 0.212 e. The number of halogens is 2. The third-order valence-corrected chi connectivity index (χ3v) is 3.94. The zero-order valence-corrected chi connectivity index (χ0v) is 10.9. The van der Waals surface area contributed by atoms with Crippen molar-refractivity contribution in [1.82, 2.24) is 10.0 Å². The van der Waals surface area contributed by atoms with Gasteiger partial charge in [0.1, 0.15) is 5.82 Å². The van der Waals surface area contributed by atoms with Crippen LogP contribution in [0.3, 0.4) is 0 Å². The van der Waals surface area contributed by atoms with Gasteiger partial charge in [-0.2, -0.15) is 0 Å². The summed E-state index contributed by atoms with van der Waals surface area (Å²) in [6.07, 6.45) is 0. The second-order valence-electron chi connectivity index (χ2n) is 3.40. The number of hydrogen-bond donors (Lipinski definition) is 2. The van der Waals surface area contributed by atoms with Gasteiger partial charge in [-0.05, 0) is 19.2 Å². The molecule has 2 N–H and O–H groups in total. The average molecular weight is 281 g/mol. The van der Waals surface area contributed by atoms with Crippen LogP contribution in [0.15, 0.2) is 18.2 Å². The lowest BCUT2D eigenvalue weighted by Crippen LogP contribution is -2.29. The van der Waals surface area contributed by atoms with Gasteiger partial charge >= 0.3 is 0 Å². The van der Waals surface area contributed by atoms with E-state index >= 15 is 0 Å². The number of nitrogens with one attached hydrogen (secondary N) is 2. The summed E-state index contributed by atoms with van der Waals surface area (Å²) in [7, 11) is -1.88. The van der Waals surface area contributed by atoms with Gasteiger partial charge in [0.05, 0.1) is 5.75 Å². The van der Waals surface area contributed by atoms with Gasteiger partial charge in [0.25, 0.3) is 0 Å². The highest BCUT2D eigenvalue weighted by molar-refractivity contribution is 7.89. The largest absolute Gasteiger partial charge is 0.311 e. The van der Waals surface area contributed by atoms with Crippen molar-refractivity contribution in [2.75, 3.05) is 19.3 Å². The fourth-order valence-corrected chi connectivity index (χ4v) is 2.07. The molecule has 17 heavy (non-hydrogen) atoms. The van der Waals surface area contributed by atoms with Gasteiger partial charge in [0.2, 0.25) is 10.0 Å². The Morgan fingerprint density at radius 2 is 2.12 bits per heavy atom. The van der Waals surface area contributed by atoms with Gasteiger partial charge in [0.15, 0.2) is 0 Å². The molecule has 0 fully saturated rings. The first-order valence-corrected chi connectivity index (χ1v) is 7.04. The first kappa shape index (κ1) is 14.4. The van der Waals surface area contributed by atoms with Crippen LogP contribution in [0.5, 0.6) is 0 Å². The zero-order valence-electron chi connectivity index (χ0n) is 9.33. The zero-order chi connectivity index (χ0) is 12.9. The summed E-state index contributed by atoms with van der Waals surface area (Å²) in [4.78, 5) is 0. The van der Waals surface area contributed by atoms with Gasteiger partial charge in [-0.15, -0.1) is 0 Å². The Kier molecular flexibility index (Phi) is 5.32. The summed E-state index contributed by atoms with van der Waals surface area (Å²) in [5.74, 6) is -0.461. The fourth-order valence-electron chi connectivity index (χ4n) is 1.22. The molecule has 0 atom stereocenters. The van der Waals surface area contributed by atoms with E-state index in [0.717, 1.165) is 0 Å². The first-order chi connectivity index (χ1) is 7.96. The molecule has 0 heterocycles. The van der Waals surface area contributed by atoms with E-state index in [9.17, 15) is 12.8 Å². The summed E-state index contributed by atoms with van der Waals surface area (Å²) in [6.45, 7) is 0.429. The van der Waals surface area contributed by atoms with Crippen molar-refractivity contribution in [2.24, 2.45) is 0 Å². The quantitative estimate of drug-likeness (QED) is 0.768. The highest BCUT2D eigenvalue weighted by Crippen LogP contribution is 2.18. The van der Waals surface area contributed by atoms with Crippen molar-refractivity contribution in [3.8, 4) is 0 Å². The van der Waals surface area contributed by atoms with Crippen molar-refractivity contribution >= 4 is 21.6 Å². The highest BCUT2D eigenvalue weighted by atomic mass is 35.5. The van der Waals surface area contributed by atoms with Crippen LogP contribution in [-0.2, 0) is 16.6 Å². The number of hydrogen-bond acceptors (Lipinski definition) is 3. The van der Waals surface area contributed by atoms with Crippen LogP contribution in [0.1, 0.15) is 5.56 Å². The third-order valence-electron chi connectivity index (χ3n) is 2.22. The van der Waals surface area contributed by atoms with Gasteiger partial charge in [-0.25, -0.2) is 17.5 Å². The van der Waals surface area contributed by atoms with Crippen LogP contribution in [0.2, 0.25) is 5.02 Å². The minimum atomic E-state index is -3.23. The number of benzene rings is 1. The predicted molar refractivity (Wildman–Crippen MR) is 66.0 cm³/mol. The van der Waals surface area contributed by atoms with Gasteiger partial charge < -0.3 is 5.32 Å². The molecule has 0 aliphatic heterocycles. The van der Waals surface area contributed by atoms with Crippen LogP contribution in [-0.4, -0.2) is 27.8 Å². The molecule has 0 bridgehead atoms. The van der Waals surface area contributed by atoms with Crippen molar-refractivity contribution in [2.45, 2.75) is 6.54 Å². The first-order valence-electron chi connectivity index (χ1n) is 5.01. The molecule has 0 saturated heterocycles. The molecular weight excluding hydrogens is 267 g/mol. The lowest BCUT2D eigenvalue weighted by Gasteiger charge is -2.07. The van der Waals surface area contributed by atoms with Crippen molar-refractivity contribution < 1.29 is 12.8 Å². The van der Waals surface area contributed by atoms with Gasteiger partial charge in [-0.3, -0.25) is 0 Å². The molecule has 1 rings (SSSR count). The average Bonchev–Trinajstić information content (AvgIpc) is 2.27. The van der Waals surface area contributed by atoms with E-state index in [2.05, 4.69) is 10.0 Å². The van der Waals surface area contributed by atoms with Gasteiger partial charge in [-0.1, -0.05) is 17.7 Å². The normalized spacial score (nSPS) is 11.7. The maximum atomic E-state index is 13.3. The van der Waals surface area contributed by atoms with Crippen LogP contribution in [0.25, 0.3) is 0 Å². The van der Waals surface area contributed by atoms with E-state index in [0.29, 0.717) is 10.6 Å². The molecule has 0 aromatic heterocycles. The molecule has 1 aromatic rings. The molecule has 96 valence electrons. The summed E-state index contributed by atoms with van der Waals surface area (Å²) < 4.78 is 37.7. The molecule has 0 amide bonds.